The smallest absolute Gasteiger partial charge is 0.241 e. The van der Waals surface area contributed by atoms with Crippen molar-refractivity contribution in [1.82, 2.24) is 9.97 Å². The van der Waals surface area contributed by atoms with Crippen LogP contribution in [0.5, 0.6) is 5.88 Å². The molecular formula is C25H45N3O3S2. The summed E-state index contributed by atoms with van der Waals surface area (Å²) in [5, 5.41) is 3.77. The van der Waals surface area contributed by atoms with Crippen LogP contribution in [0.4, 0.5) is 5.69 Å². The van der Waals surface area contributed by atoms with Crippen molar-refractivity contribution >= 4 is 35.1 Å². The lowest BCUT2D eigenvalue weighted by Gasteiger charge is -2.19. The molecule has 1 amide bonds. The zero-order valence-electron chi connectivity index (χ0n) is 21.2. The predicted octanol–water partition coefficient (Wildman–Crippen LogP) is 6.99. The molecule has 6 nitrogen and oxygen atoms in total. The molecule has 0 radical (unpaired) electrons. The van der Waals surface area contributed by atoms with Crippen LogP contribution in [0.25, 0.3) is 0 Å². The maximum absolute atomic E-state index is 13.3. The van der Waals surface area contributed by atoms with E-state index in [0.717, 1.165) is 35.8 Å². The van der Waals surface area contributed by atoms with Crippen LogP contribution in [0.1, 0.15) is 91.4 Å². The topological polar surface area (TPSA) is 73.3 Å². The van der Waals surface area contributed by atoms with Gasteiger partial charge < -0.3 is 14.8 Å². The van der Waals surface area contributed by atoms with Gasteiger partial charge in [-0.05, 0) is 25.5 Å². The van der Waals surface area contributed by atoms with Gasteiger partial charge in [0.1, 0.15) is 17.0 Å². The van der Waals surface area contributed by atoms with Crippen molar-refractivity contribution < 1.29 is 14.3 Å². The van der Waals surface area contributed by atoms with Gasteiger partial charge in [0.2, 0.25) is 11.8 Å². The van der Waals surface area contributed by atoms with Crippen molar-refractivity contribution in [1.29, 1.82) is 0 Å². The molecule has 0 aliphatic heterocycles. The van der Waals surface area contributed by atoms with Crippen LogP contribution >= 0.6 is 23.5 Å². The van der Waals surface area contributed by atoms with Gasteiger partial charge in [0.05, 0.1) is 19.0 Å². The number of nitrogens with zero attached hydrogens (tertiary/aromatic N) is 2. The first kappa shape index (κ1) is 30.0. The Morgan fingerprint density at radius 3 is 2.36 bits per heavy atom. The van der Waals surface area contributed by atoms with Crippen LogP contribution in [0.15, 0.2) is 11.4 Å². The number of carbonyl (C=O) groups excluding carboxylic acids is 1. The lowest BCUT2D eigenvalue weighted by molar-refractivity contribution is -0.115. The van der Waals surface area contributed by atoms with Crippen LogP contribution in [0.2, 0.25) is 0 Å². The van der Waals surface area contributed by atoms with E-state index >= 15 is 0 Å². The third-order valence-corrected chi connectivity index (χ3v) is 7.65. The highest BCUT2D eigenvalue weighted by molar-refractivity contribution is 8.00. The van der Waals surface area contributed by atoms with E-state index in [4.69, 9.17) is 9.47 Å². The maximum Gasteiger partial charge on any atom is 0.241 e. The normalized spacial score (nSPS) is 12.0. The highest BCUT2D eigenvalue weighted by Gasteiger charge is 2.22. The second-order valence-corrected chi connectivity index (χ2v) is 10.5. The monoisotopic (exact) mass is 499 g/mol. The zero-order chi connectivity index (χ0) is 24.2. The van der Waals surface area contributed by atoms with Crippen molar-refractivity contribution in [3.05, 3.63) is 6.33 Å². The average molecular weight is 500 g/mol. The standard InChI is InChI=1S/C25H45N3O3S2/c1-5-8-10-12-13-14-16-21(32-18-15-11-9-6-2)23(29)28-22-24(30-4)26-20-27-25(22)33-19-17-31-7-3/h20-21H,5-19H2,1-4H3,(H,28,29). The number of amides is 1. The molecule has 1 unspecified atom stereocenters. The molecule has 33 heavy (non-hydrogen) atoms. The number of anilines is 1. The van der Waals surface area contributed by atoms with Crippen molar-refractivity contribution in [3.63, 3.8) is 0 Å². The van der Waals surface area contributed by atoms with Crippen LogP contribution in [-0.4, -0.2) is 53.0 Å². The molecule has 0 fully saturated rings. The van der Waals surface area contributed by atoms with Crippen molar-refractivity contribution in [3.8, 4) is 5.88 Å². The summed E-state index contributed by atoms with van der Waals surface area (Å²) in [5.74, 6) is 2.21. The second kappa shape index (κ2) is 20.4. The number of unbranched alkanes of at least 4 members (excludes halogenated alkanes) is 8. The predicted molar refractivity (Wildman–Crippen MR) is 143 cm³/mol. The second-order valence-electron chi connectivity index (χ2n) is 8.07. The molecule has 1 aromatic rings. The van der Waals surface area contributed by atoms with E-state index in [9.17, 15) is 4.79 Å². The van der Waals surface area contributed by atoms with Crippen LogP contribution in [0, 0.1) is 0 Å². The number of rotatable bonds is 21. The molecule has 1 heterocycles. The number of nitrogens with one attached hydrogen (secondary N) is 1. The van der Waals surface area contributed by atoms with E-state index in [1.54, 1.807) is 30.6 Å². The number of methoxy groups -OCH3 is 1. The van der Waals surface area contributed by atoms with Crippen LogP contribution in [-0.2, 0) is 9.53 Å². The number of carbonyl (C=O) groups is 1. The van der Waals surface area contributed by atoms with Gasteiger partial charge >= 0.3 is 0 Å². The fraction of sp³-hybridized carbons (Fsp3) is 0.800. The lowest BCUT2D eigenvalue weighted by atomic mass is 10.1. The minimum Gasteiger partial charge on any atom is -0.479 e. The fourth-order valence-electron chi connectivity index (χ4n) is 3.43. The third-order valence-electron chi connectivity index (χ3n) is 5.32. The van der Waals surface area contributed by atoms with Gasteiger partial charge in [-0.15, -0.1) is 23.5 Å². The average Bonchev–Trinajstić information content (AvgIpc) is 2.83. The minimum atomic E-state index is -0.0658. The SMILES string of the molecule is CCCCCCCCC(SCCCCCC)C(=O)Nc1c(OC)ncnc1SCCOCC. The van der Waals surface area contributed by atoms with Crippen molar-refractivity contribution in [2.24, 2.45) is 0 Å². The molecule has 0 aliphatic carbocycles. The first-order valence-corrected chi connectivity index (χ1v) is 14.7. The molecule has 1 atom stereocenters. The highest BCUT2D eigenvalue weighted by Crippen LogP contribution is 2.33. The molecule has 0 bridgehead atoms. The Labute approximate surface area is 210 Å². The van der Waals surface area contributed by atoms with Gasteiger partial charge in [-0.1, -0.05) is 71.6 Å². The van der Waals surface area contributed by atoms with Crippen molar-refractivity contribution in [2.45, 2.75) is 102 Å². The lowest BCUT2D eigenvalue weighted by Crippen LogP contribution is -2.26. The van der Waals surface area contributed by atoms with Crippen molar-refractivity contribution in [2.75, 3.05) is 37.1 Å². The van der Waals surface area contributed by atoms with Gasteiger partial charge in [-0.2, -0.15) is 4.98 Å². The van der Waals surface area contributed by atoms with Gasteiger partial charge in [-0.25, -0.2) is 4.98 Å². The van der Waals surface area contributed by atoms with Gasteiger partial charge in [0.25, 0.3) is 0 Å². The largest absolute Gasteiger partial charge is 0.479 e. The van der Waals surface area contributed by atoms with E-state index in [1.807, 2.05) is 6.92 Å². The van der Waals surface area contributed by atoms with E-state index in [1.165, 1.54) is 57.7 Å². The molecule has 190 valence electrons. The summed E-state index contributed by atoms with van der Waals surface area (Å²) in [6.07, 6.45) is 14.6. The highest BCUT2D eigenvalue weighted by atomic mass is 32.2. The zero-order valence-corrected chi connectivity index (χ0v) is 22.8. The minimum absolute atomic E-state index is 0.0313. The molecule has 1 N–H and O–H groups in total. The molecule has 0 spiro atoms. The Hall–Kier alpha value is -0.990. The Morgan fingerprint density at radius 1 is 0.970 bits per heavy atom. The summed E-state index contributed by atoms with van der Waals surface area (Å²) in [4.78, 5) is 21.9. The Morgan fingerprint density at radius 2 is 1.67 bits per heavy atom. The van der Waals surface area contributed by atoms with E-state index in [-0.39, 0.29) is 11.2 Å². The summed E-state index contributed by atoms with van der Waals surface area (Å²) in [6.45, 7) is 7.76. The van der Waals surface area contributed by atoms with Crippen LogP contribution < -0.4 is 10.1 Å². The number of aromatic nitrogens is 2. The number of hydrogen-bond acceptors (Lipinski definition) is 7. The molecule has 8 heteroatoms. The summed E-state index contributed by atoms with van der Waals surface area (Å²) in [7, 11) is 1.57. The molecule has 1 aromatic heterocycles. The molecular weight excluding hydrogens is 454 g/mol. The van der Waals surface area contributed by atoms with Gasteiger partial charge in [-0.3, -0.25) is 4.79 Å². The summed E-state index contributed by atoms with van der Waals surface area (Å²) in [6, 6.07) is 0. The third kappa shape index (κ3) is 13.5. The first-order chi connectivity index (χ1) is 16.2. The Balaban J connectivity index is 2.77. The van der Waals surface area contributed by atoms with E-state index in [0.29, 0.717) is 24.8 Å². The molecule has 0 saturated carbocycles. The van der Waals surface area contributed by atoms with E-state index < -0.39 is 0 Å². The molecule has 0 aromatic carbocycles. The Bertz CT molecular complexity index is 635. The van der Waals surface area contributed by atoms with E-state index in [2.05, 4.69) is 29.1 Å². The number of hydrogen-bond donors (Lipinski definition) is 1. The summed E-state index contributed by atoms with van der Waals surface area (Å²) in [5.41, 5.74) is 0.575. The Kier molecular flexibility index (Phi) is 18.6. The first-order valence-electron chi connectivity index (χ1n) is 12.7. The maximum atomic E-state index is 13.3. The van der Waals surface area contributed by atoms with Crippen LogP contribution in [0.3, 0.4) is 0 Å². The number of thioether (sulfide) groups is 2. The number of ether oxygens (including phenoxy) is 2. The quantitative estimate of drug-likeness (QED) is 0.111. The fourth-order valence-corrected chi connectivity index (χ4v) is 5.42. The molecule has 0 saturated heterocycles. The van der Waals surface area contributed by atoms with Gasteiger partial charge in [0.15, 0.2) is 0 Å². The summed E-state index contributed by atoms with van der Waals surface area (Å²) < 4.78 is 10.9. The molecule has 0 aliphatic rings. The van der Waals surface area contributed by atoms with Gasteiger partial charge in [0, 0.05) is 12.4 Å². The summed E-state index contributed by atoms with van der Waals surface area (Å²) >= 11 is 3.34. The molecule has 1 rings (SSSR count).